The smallest absolute Gasteiger partial charge is 0.403 e. The van der Waals surface area contributed by atoms with Crippen molar-refractivity contribution in [2.24, 2.45) is 0 Å². The lowest BCUT2D eigenvalue weighted by Crippen LogP contribution is -2.41. The summed E-state index contributed by atoms with van der Waals surface area (Å²) in [6.07, 6.45) is 3.52. The van der Waals surface area contributed by atoms with Crippen LogP contribution in [0.25, 0.3) is 0 Å². The predicted molar refractivity (Wildman–Crippen MR) is 85.3 cm³/mol. The summed E-state index contributed by atoms with van der Waals surface area (Å²) >= 11 is 0. The molecule has 0 unspecified atom stereocenters. The molecule has 2 nitrogen and oxygen atoms in total. The van der Waals surface area contributed by atoms with Crippen LogP contribution in [0.2, 0.25) is 32.0 Å². The zero-order valence-electron chi connectivity index (χ0n) is 13.7. The van der Waals surface area contributed by atoms with Crippen LogP contribution in [-0.4, -0.2) is 26.4 Å². The molecule has 0 atom stereocenters. The van der Waals surface area contributed by atoms with Crippen molar-refractivity contribution in [3.8, 4) is 0 Å². The van der Waals surface area contributed by atoms with E-state index in [9.17, 15) is 0 Å². The summed E-state index contributed by atoms with van der Waals surface area (Å²) in [5, 5.41) is 0. The molecule has 0 amide bonds. The van der Waals surface area contributed by atoms with Crippen molar-refractivity contribution in [2.75, 3.05) is 0 Å². The third kappa shape index (κ3) is 3.73. The summed E-state index contributed by atoms with van der Waals surface area (Å²) in [4.78, 5) is 0. The van der Waals surface area contributed by atoms with Crippen molar-refractivity contribution in [1.82, 2.24) is 0 Å². The molecule has 0 aromatic carbocycles. The second-order valence-corrected chi connectivity index (χ2v) is 14.0. The lowest BCUT2D eigenvalue weighted by atomic mass is 9.83. The highest BCUT2D eigenvalue weighted by Gasteiger charge is 2.51. The van der Waals surface area contributed by atoms with Gasteiger partial charge in [0.05, 0.1) is 11.2 Å². The molecule has 2 aliphatic rings. The molecule has 0 spiro atoms. The number of hydrogen-bond donors (Lipinski definition) is 0. The Morgan fingerprint density at radius 1 is 1.00 bits per heavy atom. The van der Waals surface area contributed by atoms with E-state index >= 15 is 0 Å². The Bertz CT molecular complexity index is 377. The lowest BCUT2D eigenvalue weighted by Gasteiger charge is -2.32. The zero-order chi connectivity index (χ0) is 14.5. The molecule has 1 saturated heterocycles. The van der Waals surface area contributed by atoms with E-state index in [0.717, 1.165) is 6.32 Å². The summed E-state index contributed by atoms with van der Waals surface area (Å²) in [7, 11) is -0.934. The summed E-state index contributed by atoms with van der Waals surface area (Å²) in [6, 6.07) is 1.41. The van der Waals surface area contributed by atoms with E-state index in [4.69, 9.17) is 9.31 Å². The van der Waals surface area contributed by atoms with Gasteiger partial charge in [0.2, 0.25) is 0 Å². The van der Waals surface area contributed by atoms with Gasteiger partial charge >= 0.3 is 7.12 Å². The van der Waals surface area contributed by atoms with E-state index in [1.165, 1.54) is 18.9 Å². The van der Waals surface area contributed by atoms with Gasteiger partial charge in [0.15, 0.2) is 0 Å². The third-order valence-electron chi connectivity index (χ3n) is 4.69. The monoisotopic (exact) mass is 280 g/mol. The Labute approximate surface area is 120 Å². The molecule has 0 aromatic rings. The Balaban J connectivity index is 1.84. The molecular weight excluding hydrogens is 251 g/mol. The maximum Gasteiger partial charge on any atom is 0.462 e. The van der Waals surface area contributed by atoms with Gasteiger partial charge in [0.25, 0.3) is 0 Å². The van der Waals surface area contributed by atoms with Crippen molar-refractivity contribution in [1.29, 1.82) is 0 Å². The molecular formula is C15H29BO2Si. The highest BCUT2D eigenvalue weighted by atomic mass is 28.3. The van der Waals surface area contributed by atoms with E-state index in [1.807, 2.05) is 0 Å². The van der Waals surface area contributed by atoms with Crippen molar-refractivity contribution in [3.05, 3.63) is 11.1 Å². The fourth-order valence-corrected chi connectivity index (χ4v) is 3.52. The van der Waals surface area contributed by atoms with Gasteiger partial charge in [-0.1, -0.05) is 36.8 Å². The normalized spacial score (nSPS) is 25.1. The van der Waals surface area contributed by atoms with E-state index in [-0.39, 0.29) is 18.3 Å². The summed E-state index contributed by atoms with van der Waals surface area (Å²) < 4.78 is 12.1. The average Bonchev–Trinajstić information content (AvgIpc) is 2.85. The van der Waals surface area contributed by atoms with E-state index < -0.39 is 8.07 Å². The van der Waals surface area contributed by atoms with E-state index in [2.05, 4.69) is 47.3 Å². The van der Waals surface area contributed by atoms with Crippen LogP contribution in [0.3, 0.4) is 0 Å². The molecule has 2 rings (SSSR count). The van der Waals surface area contributed by atoms with Crippen molar-refractivity contribution in [2.45, 2.75) is 83.7 Å². The Morgan fingerprint density at radius 2 is 1.53 bits per heavy atom. The molecule has 0 bridgehead atoms. The molecule has 0 radical (unpaired) electrons. The van der Waals surface area contributed by atoms with Crippen molar-refractivity contribution in [3.63, 3.8) is 0 Å². The van der Waals surface area contributed by atoms with Crippen LogP contribution in [0.1, 0.15) is 40.5 Å². The molecule has 0 aromatic heterocycles. The molecule has 1 heterocycles. The molecule has 4 heteroatoms. The number of rotatable bonds is 5. The molecule has 0 N–H and O–H groups in total. The first-order valence-corrected chi connectivity index (χ1v) is 11.3. The minimum absolute atomic E-state index is 0.0376. The minimum atomic E-state index is -0.897. The first-order chi connectivity index (χ1) is 8.50. The topological polar surface area (TPSA) is 18.5 Å². The number of hydrogen-bond acceptors (Lipinski definition) is 2. The highest BCUT2D eigenvalue weighted by Crippen LogP contribution is 2.44. The molecule has 1 aliphatic heterocycles. The van der Waals surface area contributed by atoms with Gasteiger partial charge in [-0.2, -0.15) is 0 Å². The average molecular weight is 280 g/mol. The van der Waals surface area contributed by atoms with Gasteiger partial charge in [0.1, 0.15) is 0 Å². The van der Waals surface area contributed by atoms with Gasteiger partial charge < -0.3 is 9.31 Å². The largest absolute Gasteiger partial charge is 0.462 e. The van der Waals surface area contributed by atoms with Crippen LogP contribution in [0.5, 0.6) is 0 Å². The van der Waals surface area contributed by atoms with E-state index in [1.54, 1.807) is 11.1 Å². The first kappa shape index (κ1) is 15.3. The Hall–Kier alpha value is -0.0582. The van der Waals surface area contributed by atoms with Gasteiger partial charge in [-0.05, 0) is 40.5 Å². The lowest BCUT2D eigenvalue weighted by molar-refractivity contribution is 0.00578. The quantitative estimate of drug-likeness (QED) is 0.545. The second kappa shape index (κ2) is 4.75. The SMILES string of the molecule is CC1(C)OB(CC2=C(CC[Si](C)(C)C)C2)OC1(C)C. The van der Waals surface area contributed by atoms with Crippen LogP contribution in [0, 0.1) is 0 Å². The zero-order valence-corrected chi connectivity index (χ0v) is 14.7. The third-order valence-corrected chi connectivity index (χ3v) is 6.44. The Kier molecular flexibility index (Phi) is 3.83. The molecule has 1 aliphatic carbocycles. The second-order valence-electron chi connectivity index (χ2n) is 8.33. The van der Waals surface area contributed by atoms with Crippen LogP contribution in [-0.2, 0) is 9.31 Å². The summed E-state index contributed by atoms with van der Waals surface area (Å²) in [5.74, 6) is 0. The van der Waals surface area contributed by atoms with Crippen molar-refractivity contribution < 1.29 is 9.31 Å². The van der Waals surface area contributed by atoms with Crippen LogP contribution >= 0.6 is 0 Å². The van der Waals surface area contributed by atoms with E-state index in [0.29, 0.717) is 0 Å². The van der Waals surface area contributed by atoms with Crippen LogP contribution < -0.4 is 0 Å². The van der Waals surface area contributed by atoms with Crippen LogP contribution in [0.15, 0.2) is 11.1 Å². The highest BCUT2D eigenvalue weighted by molar-refractivity contribution is 6.76. The Morgan fingerprint density at radius 3 is 2.00 bits per heavy atom. The molecule has 1 fully saturated rings. The van der Waals surface area contributed by atoms with Crippen molar-refractivity contribution >= 4 is 15.2 Å². The standard InChI is InChI=1S/C15H29BO2Si/c1-14(2)15(3,4)18-16(17-14)11-13-10-12(13)8-9-19(5,6)7/h8-11H2,1-7H3. The van der Waals surface area contributed by atoms with Crippen LogP contribution in [0.4, 0.5) is 0 Å². The molecule has 19 heavy (non-hydrogen) atoms. The maximum atomic E-state index is 6.06. The van der Waals surface area contributed by atoms with Gasteiger partial charge in [-0.25, -0.2) is 0 Å². The molecule has 0 saturated carbocycles. The maximum absolute atomic E-state index is 6.06. The van der Waals surface area contributed by atoms with Gasteiger partial charge in [-0.15, -0.1) is 0 Å². The fraction of sp³-hybridized carbons (Fsp3) is 0.867. The summed E-state index contributed by atoms with van der Waals surface area (Å²) in [6.45, 7) is 15.8. The predicted octanol–water partition coefficient (Wildman–Crippen LogP) is 4.51. The minimum Gasteiger partial charge on any atom is -0.403 e. The summed E-state index contributed by atoms with van der Waals surface area (Å²) in [5.41, 5.74) is 2.89. The van der Waals surface area contributed by atoms with Gasteiger partial charge in [0, 0.05) is 14.4 Å². The van der Waals surface area contributed by atoms with Gasteiger partial charge in [-0.3, -0.25) is 0 Å². The fourth-order valence-electron chi connectivity index (χ4n) is 2.47. The first-order valence-electron chi connectivity index (χ1n) is 7.56. The molecule has 108 valence electrons. The number of allylic oxidation sites excluding steroid dienone is 2.